The number of amides is 2. The Morgan fingerprint density at radius 1 is 1.56 bits per heavy atom. The number of nitrogens with zero attached hydrogens (tertiary/aromatic N) is 1. The highest BCUT2D eigenvalue weighted by molar-refractivity contribution is 6.01. The van der Waals surface area contributed by atoms with Crippen molar-refractivity contribution in [2.75, 3.05) is 0 Å². The minimum atomic E-state index is -0.602. The number of hydrogen-bond donors (Lipinski definition) is 2. The normalized spacial score (nSPS) is 33.4. The molecular weight excluding hydrogens is 226 g/mol. The highest BCUT2D eigenvalue weighted by Gasteiger charge is 2.56. The highest BCUT2D eigenvalue weighted by atomic mass is 16.2. The van der Waals surface area contributed by atoms with E-state index in [4.69, 9.17) is 5.73 Å². The summed E-state index contributed by atoms with van der Waals surface area (Å²) in [6.07, 6.45) is 5.64. The third-order valence-electron chi connectivity index (χ3n) is 5.11. The molecule has 1 fully saturated rings. The smallest absolute Gasteiger partial charge is 0.332 e. The molecule has 2 atom stereocenters. The van der Waals surface area contributed by atoms with Crippen molar-refractivity contribution in [2.24, 2.45) is 27.6 Å². The van der Waals surface area contributed by atoms with Crippen LogP contribution in [-0.2, 0) is 0 Å². The van der Waals surface area contributed by atoms with Crippen molar-refractivity contribution in [3.63, 3.8) is 0 Å². The van der Waals surface area contributed by atoms with Crippen LogP contribution >= 0.6 is 0 Å². The standard InChI is InChI=1S/C14H23N3O/c1-5-11(16-17-12(15)18)9-8-14(4)7-6-10(9)13(14,2)3/h8,10H,5-7H2,1-4H3,(H3,15,17,18)/b16-11-. The fraction of sp³-hybridized carbons (Fsp3) is 0.714. The predicted molar refractivity (Wildman–Crippen MR) is 73.1 cm³/mol. The molecule has 2 unspecified atom stereocenters. The summed E-state index contributed by atoms with van der Waals surface area (Å²) < 4.78 is 0. The van der Waals surface area contributed by atoms with Crippen LogP contribution in [0.1, 0.15) is 47.0 Å². The molecule has 18 heavy (non-hydrogen) atoms. The van der Waals surface area contributed by atoms with Gasteiger partial charge in [0.1, 0.15) is 0 Å². The van der Waals surface area contributed by atoms with E-state index in [9.17, 15) is 4.79 Å². The molecule has 2 amide bonds. The summed E-state index contributed by atoms with van der Waals surface area (Å²) >= 11 is 0. The Morgan fingerprint density at radius 2 is 2.22 bits per heavy atom. The van der Waals surface area contributed by atoms with Gasteiger partial charge in [-0.15, -0.1) is 0 Å². The minimum absolute atomic E-state index is 0.260. The number of nitrogens with one attached hydrogen (secondary N) is 1. The second kappa shape index (κ2) is 4.11. The number of hydrogen-bond acceptors (Lipinski definition) is 2. The molecule has 0 aliphatic heterocycles. The Morgan fingerprint density at radius 3 is 2.61 bits per heavy atom. The monoisotopic (exact) mass is 249 g/mol. The number of carbonyl (C=O) groups excluding carboxylic acids is 1. The van der Waals surface area contributed by atoms with Gasteiger partial charge in [0.2, 0.25) is 0 Å². The molecule has 0 saturated heterocycles. The molecule has 100 valence electrons. The van der Waals surface area contributed by atoms with Crippen LogP contribution in [0.4, 0.5) is 4.79 Å². The molecule has 0 spiro atoms. The molecule has 2 aliphatic carbocycles. The quantitative estimate of drug-likeness (QED) is 0.586. The summed E-state index contributed by atoms with van der Waals surface area (Å²) in [5.41, 5.74) is 10.3. The summed E-state index contributed by atoms with van der Waals surface area (Å²) in [7, 11) is 0. The van der Waals surface area contributed by atoms with Crippen LogP contribution < -0.4 is 11.2 Å². The van der Waals surface area contributed by atoms with Gasteiger partial charge in [-0.2, -0.15) is 5.10 Å². The number of rotatable bonds is 3. The van der Waals surface area contributed by atoms with Crippen molar-refractivity contribution in [3.8, 4) is 0 Å². The van der Waals surface area contributed by atoms with E-state index < -0.39 is 6.03 Å². The first kappa shape index (κ1) is 13.1. The lowest BCUT2D eigenvalue weighted by atomic mass is 9.70. The van der Waals surface area contributed by atoms with Gasteiger partial charge in [-0.1, -0.05) is 33.8 Å². The fourth-order valence-electron chi connectivity index (χ4n) is 3.53. The zero-order valence-corrected chi connectivity index (χ0v) is 11.7. The van der Waals surface area contributed by atoms with Gasteiger partial charge in [0.25, 0.3) is 0 Å². The summed E-state index contributed by atoms with van der Waals surface area (Å²) in [6.45, 7) is 9.06. The lowest BCUT2D eigenvalue weighted by Gasteiger charge is -2.34. The lowest BCUT2D eigenvalue weighted by Crippen LogP contribution is -2.29. The largest absolute Gasteiger partial charge is 0.350 e. The maximum atomic E-state index is 10.8. The van der Waals surface area contributed by atoms with Crippen LogP contribution in [0.25, 0.3) is 0 Å². The maximum Gasteiger partial charge on any atom is 0.332 e. The number of primary amides is 1. The van der Waals surface area contributed by atoms with Crippen molar-refractivity contribution in [2.45, 2.75) is 47.0 Å². The second-order valence-corrected chi connectivity index (χ2v) is 6.22. The van der Waals surface area contributed by atoms with Crippen LogP contribution in [0.5, 0.6) is 0 Å². The highest BCUT2D eigenvalue weighted by Crippen LogP contribution is 2.64. The fourth-order valence-corrected chi connectivity index (χ4v) is 3.53. The number of allylic oxidation sites excluding steroid dienone is 2. The van der Waals surface area contributed by atoms with Gasteiger partial charge in [-0.3, -0.25) is 0 Å². The molecule has 0 heterocycles. The zero-order chi connectivity index (χ0) is 13.6. The van der Waals surface area contributed by atoms with E-state index in [0.29, 0.717) is 5.92 Å². The van der Waals surface area contributed by atoms with Gasteiger partial charge in [-0.25, -0.2) is 10.2 Å². The van der Waals surface area contributed by atoms with Gasteiger partial charge in [-0.05, 0) is 41.6 Å². The number of carbonyl (C=O) groups is 1. The van der Waals surface area contributed by atoms with E-state index in [1.54, 1.807) is 0 Å². The second-order valence-electron chi connectivity index (χ2n) is 6.22. The van der Waals surface area contributed by atoms with E-state index in [2.05, 4.69) is 44.3 Å². The molecule has 4 heteroatoms. The number of urea groups is 1. The average Bonchev–Trinajstić information content (AvgIpc) is 2.61. The Balaban J connectivity index is 2.30. The molecule has 2 aliphatic rings. The maximum absolute atomic E-state index is 10.8. The molecule has 0 radical (unpaired) electrons. The van der Waals surface area contributed by atoms with Crippen molar-refractivity contribution in [3.05, 3.63) is 11.6 Å². The molecular formula is C14H23N3O. The van der Waals surface area contributed by atoms with Crippen molar-refractivity contribution in [1.82, 2.24) is 5.43 Å². The van der Waals surface area contributed by atoms with E-state index in [1.807, 2.05) is 0 Å². The topological polar surface area (TPSA) is 67.5 Å². The lowest BCUT2D eigenvalue weighted by molar-refractivity contribution is 0.180. The van der Waals surface area contributed by atoms with E-state index >= 15 is 0 Å². The summed E-state index contributed by atoms with van der Waals surface area (Å²) in [4.78, 5) is 10.8. The predicted octanol–water partition coefficient (Wildman–Crippen LogP) is 2.80. The Labute approximate surface area is 109 Å². The number of hydrazone groups is 1. The first-order valence-electron chi connectivity index (χ1n) is 6.67. The average molecular weight is 249 g/mol. The molecule has 2 rings (SSSR count). The van der Waals surface area contributed by atoms with Crippen LogP contribution in [0.3, 0.4) is 0 Å². The molecule has 0 aromatic heterocycles. The third-order valence-corrected chi connectivity index (χ3v) is 5.11. The first-order chi connectivity index (χ1) is 8.32. The Bertz CT molecular complexity index is 436. The van der Waals surface area contributed by atoms with Crippen molar-refractivity contribution < 1.29 is 4.79 Å². The Hall–Kier alpha value is -1.32. The zero-order valence-electron chi connectivity index (χ0n) is 11.7. The summed E-state index contributed by atoms with van der Waals surface area (Å²) in [5.74, 6) is 0.552. The molecule has 1 saturated carbocycles. The van der Waals surface area contributed by atoms with Gasteiger partial charge in [0, 0.05) is 0 Å². The van der Waals surface area contributed by atoms with Gasteiger partial charge in [0.05, 0.1) is 5.71 Å². The van der Waals surface area contributed by atoms with Crippen molar-refractivity contribution in [1.29, 1.82) is 0 Å². The van der Waals surface area contributed by atoms with Gasteiger partial charge >= 0.3 is 6.03 Å². The molecule has 4 nitrogen and oxygen atoms in total. The molecule has 2 bridgehead atoms. The third kappa shape index (κ3) is 1.74. The SMILES string of the molecule is CC/C(=N/NC(N)=O)C1=CC2(C)CCC1C2(C)C. The number of nitrogens with two attached hydrogens (primary N) is 1. The molecule has 0 aromatic carbocycles. The van der Waals surface area contributed by atoms with Gasteiger partial charge < -0.3 is 5.73 Å². The minimum Gasteiger partial charge on any atom is -0.350 e. The van der Waals surface area contributed by atoms with E-state index in [1.165, 1.54) is 18.4 Å². The van der Waals surface area contributed by atoms with Crippen LogP contribution in [-0.4, -0.2) is 11.7 Å². The van der Waals surface area contributed by atoms with Crippen molar-refractivity contribution >= 4 is 11.7 Å². The van der Waals surface area contributed by atoms with Crippen LogP contribution in [0, 0.1) is 16.7 Å². The number of fused-ring (bicyclic) bond motifs is 2. The molecule has 3 N–H and O–H groups in total. The first-order valence-corrected chi connectivity index (χ1v) is 6.67. The summed E-state index contributed by atoms with van der Waals surface area (Å²) in [6, 6.07) is -0.602. The Kier molecular flexibility index (Phi) is 2.99. The molecule has 0 aromatic rings. The van der Waals surface area contributed by atoms with E-state index in [0.717, 1.165) is 12.1 Å². The van der Waals surface area contributed by atoms with E-state index in [-0.39, 0.29) is 10.8 Å². The van der Waals surface area contributed by atoms with Crippen LogP contribution in [0.2, 0.25) is 0 Å². The summed E-state index contributed by atoms with van der Waals surface area (Å²) in [5, 5.41) is 4.16. The van der Waals surface area contributed by atoms with Gasteiger partial charge in [0.15, 0.2) is 0 Å². The van der Waals surface area contributed by atoms with Crippen LogP contribution in [0.15, 0.2) is 16.8 Å².